The third-order valence-electron chi connectivity index (χ3n) is 2.20. The Kier molecular flexibility index (Phi) is 2.87. The van der Waals surface area contributed by atoms with Crippen LogP contribution in [0.25, 0.3) is 10.9 Å². The van der Waals surface area contributed by atoms with Gasteiger partial charge in [-0.3, -0.25) is 9.78 Å². The maximum absolute atomic E-state index is 11.7. The molecule has 0 aliphatic rings. The largest absolute Gasteiger partial charge is 0.435 e. The van der Waals surface area contributed by atoms with E-state index >= 15 is 0 Å². The van der Waals surface area contributed by atoms with Gasteiger partial charge in [0.15, 0.2) is 6.29 Å². The van der Waals surface area contributed by atoms with Crippen molar-refractivity contribution < 1.29 is 9.47 Å². The molecule has 1 atom stereocenters. The Morgan fingerprint density at radius 2 is 2.12 bits per heavy atom. The van der Waals surface area contributed by atoms with Gasteiger partial charge in [-0.05, 0) is 19.1 Å². The minimum atomic E-state index is -0.454. The van der Waals surface area contributed by atoms with Crippen LogP contribution in [-0.4, -0.2) is 23.4 Å². The summed E-state index contributed by atoms with van der Waals surface area (Å²) in [5, 5.41) is 0.542. The number of ether oxygens (including phenoxy) is 2. The van der Waals surface area contributed by atoms with E-state index in [0.29, 0.717) is 10.9 Å². The van der Waals surface area contributed by atoms with Gasteiger partial charge in [0.2, 0.25) is 0 Å². The number of aromatic amines is 1. The predicted molar refractivity (Wildman–Crippen MR) is 59.5 cm³/mol. The van der Waals surface area contributed by atoms with Gasteiger partial charge in [0.05, 0.1) is 10.9 Å². The number of rotatable bonds is 3. The van der Waals surface area contributed by atoms with Crippen molar-refractivity contribution in [1.29, 1.82) is 0 Å². The normalized spacial score (nSPS) is 12.6. The molecule has 1 aromatic carbocycles. The SMILES string of the molecule is COC(C)Oc1nc2ccccc2c(=O)[nH]1. The molecule has 1 unspecified atom stereocenters. The number of fused-ring (bicyclic) bond motifs is 1. The van der Waals surface area contributed by atoms with Gasteiger partial charge in [0.25, 0.3) is 11.6 Å². The lowest BCUT2D eigenvalue weighted by Gasteiger charge is -2.11. The first-order valence-corrected chi connectivity index (χ1v) is 4.89. The second-order valence-corrected chi connectivity index (χ2v) is 3.31. The molecule has 5 heteroatoms. The van der Waals surface area contributed by atoms with Crippen LogP contribution in [0.15, 0.2) is 29.1 Å². The molecule has 1 heterocycles. The van der Waals surface area contributed by atoms with Gasteiger partial charge in [-0.1, -0.05) is 12.1 Å². The lowest BCUT2D eigenvalue weighted by atomic mass is 10.2. The number of nitrogens with zero attached hydrogens (tertiary/aromatic N) is 1. The lowest BCUT2D eigenvalue weighted by Crippen LogP contribution is -2.18. The second kappa shape index (κ2) is 4.32. The molecule has 84 valence electrons. The molecule has 2 aromatic rings. The van der Waals surface area contributed by atoms with Gasteiger partial charge in [-0.2, -0.15) is 4.98 Å². The first kappa shape index (κ1) is 10.6. The Hall–Kier alpha value is -1.88. The van der Waals surface area contributed by atoms with E-state index in [2.05, 4.69) is 9.97 Å². The number of H-pyrrole nitrogens is 1. The number of hydrogen-bond donors (Lipinski definition) is 1. The van der Waals surface area contributed by atoms with Gasteiger partial charge in [0.1, 0.15) is 0 Å². The predicted octanol–water partition coefficient (Wildman–Crippen LogP) is 1.29. The second-order valence-electron chi connectivity index (χ2n) is 3.31. The number of hydrogen-bond acceptors (Lipinski definition) is 4. The van der Waals surface area contributed by atoms with Crippen LogP contribution in [0.5, 0.6) is 6.01 Å². The topological polar surface area (TPSA) is 64.2 Å². The zero-order chi connectivity index (χ0) is 11.5. The third kappa shape index (κ3) is 2.04. The molecule has 0 spiro atoms. The number of para-hydroxylation sites is 1. The molecular weight excluding hydrogens is 208 g/mol. The Morgan fingerprint density at radius 3 is 2.88 bits per heavy atom. The molecule has 0 aliphatic carbocycles. The summed E-state index contributed by atoms with van der Waals surface area (Å²) >= 11 is 0. The van der Waals surface area contributed by atoms with Crippen LogP contribution < -0.4 is 10.3 Å². The third-order valence-corrected chi connectivity index (χ3v) is 2.20. The van der Waals surface area contributed by atoms with E-state index in [-0.39, 0.29) is 11.6 Å². The molecular formula is C11H12N2O3. The molecule has 0 aliphatic heterocycles. The number of aromatic nitrogens is 2. The molecule has 0 fully saturated rings. The maximum atomic E-state index is 11.7. The summed E-state index contributed by atoms with van der Waals surface area (Å²) in [4.78, 5) is 18.4. The number of benzene rings is 1. The van der Waals surface area contributed by atoms with Crippen molar-refractivity contribution in [2.45, 2.75) is 13.2 Å². The average molecular weight is 220 g/mol. The zero-order valence-corrected chi connectivity index (χ0v) is 9.06. The number of methoxy groups -OCH3 is 1. The summed E-state index contributed by atoms with van der Waals surface area (Å²) in [6.45, 7) is 1.72. The van der Waals surface area contributed by atoms with E-state index in [9.17, 15) is 4.79 Å². The van der Waals surface area contributed by atoms with Crippen molar-refractivity contribution in [1.82, 2.24) is 9.97 Å². The standard InChI is InChI=1S/C11H12N2O3/c1-7(15-2)16-11-12-9-6-4-3-5-8(9)10(14)13-11/h3-7H,1-2H3,(H,12,13,14). The van der Waals surface area contributed by atoms with Crippen LogP contribution >= 0.6 is 0 Å². The van der Waals surface area contributed by atoms with Crippen LogP contribution in [0.1, 0.15) is 6.92 Å². The summed E-state index contributed by atoms with van der Waals surface area (Å²) in [6.07, 6.45) is -0.454. The molecule has 2 rings (SSSR count). The van der Waals surface area contributed by atoms with Crippen molar-refractivity contribution in [3.05, 3.63) is 34.6 Å². The minimum Gasteiger partial charge on any atom is -0.435 e. The van der Waals surface area contributed by atoms with Crippen LogP contribution in [0.3, 0.4) is 0 Å². The lowest BCUT2D eigenvalue weighted by molar-refractivity contribution is -0.0438. The Balaban J connectivity index is 2.46. The summed E-state index contributed by atoms with van der Waals surface area (Å²) in [5.74, 6) is 0. The van der Waals surface area contributed by atoms with Gasteiger partial charge in [0, 0.05) is 7.11 Å². The first-order valence-electron chi connectivity index (χ1n) is 4.89. The molecule has 0 saturated carbocycles. The van der Waals surface area contributed by atoms with Crippen LogP contribution in [0.4, 0.5) is 0 Å². The Labute approximate surface area is 92.0 Å². The molecule has 0 amide bonds. The van der Waals surface area contributed by atoms with Gasteiger partial charge >= 0.3 is 0 Å². The highest BCUT2D eigenvalue weighted by Gasteiger charge is 2.06. The van der Waals surface area contributed by atoms with Gasteiger partial charge in [-0.25, -0.2) is 0 Å². The van der Waals surface area contributed by atoms with E-state index in [4.69, 9.17) is 9.47 Å². The van der Waals surface area contributed by atoms with Crippen LogP contribution in [0, 0.1) is 0 Å². The molecule has 5 nitrogen and oxygen atoms in total. The van der Waals surface area contributed by atoms with E-state index in [1.807, 2.05) is 6.07 Å². The smallest absolute Gasteiger partial charge is 0.299 e. The zero-order valence-electron chi connectivity index (χ0n) is 9.06. The molecule has 0 bridgehead atoms. The number of nitrogens with one attached hydrogen (secondary N) is 1. The van der Waals surface area contributed by atoms with Crippen molar-refractivity contribution in [3.63, 3.8) is 0 Å². The monoisotopic (exact) mass is 220 g/mol. The molecule has 16 heavy (non-hydrogen) atoms. The van der Waals surface area contributed by atoms with Crippen molar-refractivity contribution in [2.24, 2.45) is 0 Å². The fourth-order valence-electron chi connectivity index (χ4n) is 1.33. The van der Waals surface area contributed by atoms with Crippen LogP contribution in [-0.2, 0) is 4.74 Å². The van der Waals surface area contributed by atoms with E-state index in [1.54, 1.807) is 25.1 Å². The van der Waals surface area contributed by atoms with E-state index in [1.165, 1.54) is 7.11 Å². The Bertz CT molecular complexity index is 550. The molecule has 0 radical (unpaired) electrons. The summed E-state index contributed by atoms with van der Waals surface area (Å²) < 4.78 is 10.2. The summed E-state index contributed by atoms with van der Waals surface area (Å²) in [5.41, 5.74) is 0.383. The highest BCUT2D eigenvalue weighted by molar-refractivity contribution is 5.77. The maximum Gasteiger partial charge on any atom is 0.299 e. The quantitative estimate of drug-likeness (QED) is 0.792. The highest BCUT2D eigenvalue weighted by atomic mass is 16.7. The molecule has 1 aromatic heterocycles. The average Bonchev–Trinajstić information content (AvgIpc) is 2.29. The van der Waals surface area contributed by atoms with E-state index < -0.39 is 6.29 Å². The first-order chi connectivity index (χ1) is 7.70. The Morgan fingerprint density at radius 1 is 1.38 bits per heavy atom. The van der Waals surface area contributed by atoms with Gasteiger partial charge in [-0.15, -0.1) is 0 Å². The minimum absolute atomic E-state index is 0.165. The van der Waals surface area contributed by atoms with Gasteiger partial charge < -0.3 is 9.47 Å². The summed E-state index contributed by atoms with van der Waals surface area (Å²) in [7, 11) is 1.52. The summed E-state index contributed by atoms with van der Waals surface area (Å²) in [6, 6.07) is 7.24. The van der Waals surface area contributed by atoms with Crippen molar-refractivity contribution in [2.75, 3.05) is 7.11 Å². The van der Waals surface area contributed by atoms with Crippen molar-refractivity contribution >= 4 is 10.9 Å². The fraction of sp³-hybridized carbons (Fsp3) is 0.273. The molecule has 0 saturated heterocycles. The van der Waals surface area contributed by atoms with Crippen LogP contribution in [0.2, 0.25) is 0 Å². The molecule has 1 N–H and O–H groups in total. The fourth-order valence-corrected chi connectivity index (χ4v) is 1.33. The van der Waals surface area contributed by atoms with Crippen molar-refractivity contribution in [3.8, 4) is 6.01 Å². The van der Waals surface area contributed by atoms with E-state index in [0.717, 1.165) is 0 Å². The highest BCUT2D eigenvalue weighted by Crippen LogP contribution is 2.10.